The Balaban J connectivity index is 4.41. The smallest absolute Gasteiger partial charge is 0.323 e. The second-order valence-corrected chi connectivity index (χ2v) is 5.27. The second kappa shape index (κ2) is 6.21. The molecule has 2 N–H and O–H groups in total. The average molecular weight is 230 g/mol. The monoisotopic (exact) mass is 230 g/mol. The van der Waals surface area contributed by atoms with Gasteiger partial charge in [0.25, 0.3) is 0 Å². The molecule has 4 heteroatoms. The molecule has 0 aliphatic carbocycles. The maximum atomic E-state index is 11.2. The topological polar surface area (TPSA) is 52.6 Å². The van der Waals surface area contributed by atoms with E-state index in [1.165, 1.54) is 0 Å². The minimum absolute atomic E-state index is 0.246. The van der Waals surface area contributed by atoms with Crippen LogP contribution in [-0.4, -0.2) is 48.2 Å². The van der Waals surface area contributed by atoms with Crippen LogP contribution < -0.4 is 5.32 Å². The summed E-state index contributed by atoms with van der Waals surface area (Å²) in [6, 6.07) is 0.246. The minimum Gasteiger partial charge on any atom is -0.480 e. The predicted octanol–water partition coefficient (Wildman–Crippen LogP) is 1.42. The molecule has 2 unspecified atom stereocenters. The fourth-order valence-electron chi connectivity index (χ4n) is 1.80. The molecule has 2 atom stereocenters. The molecule has 0 aromatic heterocycles. The quantitative estimate of drug-likeness (QED) is 0.694. The van der Waals surface area contributed by atoms with Crippen LogP contribution in [0, 0.1) is 5.92 Å². The fourth-order valence-corrected chi connectivity index (χ4v) is 1.80. The van der Waals surface area contributed by atoms with E-state index in [9.17, 15) is 4.79 Å². The molecule has 0 radical (unpaired) electrons. The normalized spacial score (nSPS) is 17.5. The SMILES string of the molecule is CNC(C)(CC(C)N(C)CC(C)C)C(=O)O. The molecular weight excluding hydrogens is 204 g/mol. The lowest BCUT2D eigenvalue weighted by Gasteiger charge is -2.33. The third kappa shape index (κ3) is 4.49. The van der Waals surface area contributed by atoms with Crippen molar-refractivity contribution in [3.05, 3.63) is 0 Å². The zero-order valence-corrected chi connectivity index (χ0v) is 11.4. The summed E-state index contributed by atoms with van der Waals surface area (Å²) in [5.41, 5.74) is -0.843. The number of aliphatic carboxylic acids is 1. The second-order valence-electron chi connectivity index (χ2n) is 5.27. The number of carboxylic acids is 1. The van der Waals surface area contributed by atoms with Gasteiger partial charge in [-0.1, -0.05) is 13.8 Å². The van der Waals surface area contributed by atoms with Gasteiger partial charge in [0, 0.05) is 12.6 Å². The first-order valence-corrected chi connectivity index (χ1v) is 5.85. The van der Waals surface area contributed by atoms with Gasteiger partial charge in [0.1, 0.15) is 5.54 Å². The Labute approximate surface area is 99.0 Å². The Morgan fingerprint density at radius 3 is 2.25 bits per heavy atom. The molecule has 16 heavy (non-hydrogen) atoms. The van der Waals surface area contributed by atoms with E-state index in [1.54, 1.807) is 14.0 Å². The van der Waals surface area contributed by atoms with Gasteiger partial charge in [-0.15, -0.1) is 0 Å². The van der Waals surface area contributed by atoms with Crippen molar-refractivity contribution in [2.45, 2.75) is 45.7 Å². The van der Waals surface area contributed by atoms with Gasteiger partial charge in [0.2, 0.25) is 0 Å². The third-order valence-corrected chi connectivity index (χ3v) is 3.13. The summed E-state index contributed by atoms with van der Waals surface area (Å²) in [6.07, 6.45) is 0.599. The number of nitrogens with one attached hydrogen (secondary N) is 1. The molecule has 96 valence electrons. The van der Waals surface area contributed by atoms with Crippen LogP contribution >= 0.6 is 0 Å². The van der Waals surface area contributed by atoms with Gasteiger partial charge in [-0.3, -0.25) is 4.79 Å². The summed E-state index contributed by atoms with van der Waals surface area (Å²) in [7, 11) is 3.74. The van der Waals surface area contributed by atoms with Gasteiger partial charge in [-0.25, -0.2) is 0 Å². The Bertz CT molecular complexity index is 231. The lowest BCUT2D eigenvalue weighted by molar-refractivity contribution is -0.144. The van der Waals surface area contributed by atoms with Crippen LogP contribution in [0.3, 0.4) is 0 Å². The highest BCUT2D eigenvalue weighted by molar-refractivity contribution is 5.78. The molecule has 0 rings (SSSR count). The molecular formula is C12H26N2O2. The van der Waals surface area contributed by atoms with Crippen molar-refractivity contribution in [3.63, 3.8) is 0 Å². The van der Waals surface area contributed by atoms with Crippen molar-refractivity contribution >= 4 is 5.97 Å². The maximum Gasteiger partial charge on any atom is 0.323 e. The molecule has 0 heterocycles. The van der Waals surface area contributed by atoms with E-state index in [4.69, 9.17) is 5.11 Å². The van der Waals surface area contributed by atoms with Crippen molar-refractivity contribution in [2.75, 3.05) is 20.6 Å². The van der Waals surface area contributed by atoms with E-state index in [2.05, 4.69) is 31.0 Å². The van der Waals surface area contributed by atoms with E-state index in [1.807, 2.05) is 7.05 Å². The van der Waals surface area contributed by atoms with Gasteiger partial charge in [0.05, 0.1) is 0 Å². The molecule has 0 bridgehead atoms. The Morgan fingerprint density at radius 2 is 1.94 bits per heavy atom. The van der Waals surface area contributed by atoms with Crippen LogP contribution in [0.25, 0.3) is 0 Å². The van der Waals surface area contributed by atoms with Crippen LogP contribution in [0.4, 0.5) is 0 Å². The molecule has 4 nitrogen and oxygen atoms in total. The first-order chi connectivity index (χ1) is 7.23. The highest BCUT2D eigenvalue weighted by Crippen LogP contribution is 2.16. The predicted molar refractivity (Wildman–Crippen MR) is 66.6 cm³/mol. The van der Waals surface area contributed by atoms with Crippen molar-refractivity contribution in [2.24, 2.45) is 5.92 Å². The van der Waals surface area contributed by atoms with Crippen molar-refractivity contribution in [1.82, 2.24) is 10.2 Å². The molecule has 0 saturated carbocycles. The molecule has 0 aliphatic heterocycles. The minimum atomic E-state index is -0.843. The van der Waals surface area contributed by atoms with Gasteiger partial charge < -0.3 is 15.3 Å². The summed E-state index contributed by atoms with van der Waals surface area (Å²) in [6.45, 7) is 9.12. The molecule has 0 fully saturated rings. The van der Waals surface area contributed by atoms with E-state index in [0.29, 0.717) is 12.3 Å². The van der Waals surface area contributed by atoms with Gasteiger partial charge >= 0.3 is 5.97 Å². The number of hydrogen-bond acceptors (Lipinski definition) is 3. The third-order valence-electron chi connectivity index (χ3n) is 3.13. The number of carboxylic acid groups (broad SMARTS) is 1. The van der Waals surface area contributed by atoms with Crippen molar-refractivity contribution in [3.8, 4) is 0 Å². The fraction of sp³-hybridized carbons (Fsp3) is 0.917. The Kier molecular flexibility index (Phi) is 5.97. The Morgan fingerprint density at radius 1 is 1.44 bits per heavy atom. The summed E-state index contributed by atoms with van der Waals surface area (Å²) in [4.78, 5) is 13.4. The highest BCUT2D eigenvalue weighted by atomic mass is 16.4. The van der Waals surface area contributed by atoms with E-state index < -0.39 is 11.5 Å². The Hall–Kier alpha value is -0.610. The first-order valence-electron chi connectivity index (χ1n) is 5.85. The van der Waals surface area contributed by atoms with Gasteiger partial charge in [0.15, 0.2) is 0 Å². The zero-order valence-electron chi connectivity index (χ0n) is 11.4. The van der Waals surface area contributed by atoms with Crippen molar-refractivity contribution in [1.29, 1.82) is 0 Å². The number of rotatable bonds is 7. The lowest BCUT2D eigenvalue weighted by atomic mass is 9.93. The van der Waals surface area contributed by atoms with Crippen molar-refractivity contribution < 1.29 is 9.90 Å². The molecule has 0 spiro atoms. The molecule has 0 aromatic rings. The standard InChI is InChI=1S/C12H26N2O2/c1-9(2)8-14(6)10(3)7-12(4,13-5)11(15)16/h9-10,13H,7-8H2,1-6H3,(H,15,16). The van der Waals surface area contributed by atoms with Gasteiger partial charge in [-0.2, -0.15) is 0 Å². The number of likely N-dealkylation sites (N-methyl/N-ethyl adjacent to an activating group) is 1. The summed E-state index contributed by atoms with van der Waals surface area (Å²) < 4.78 is 0. The van der Waals surface area contributed by atoms with E-state index in [0.717, 1.165) is 6.54 Å². The number of nitrogens with zero attached hydrogens (tertiary/aromatic N) is 1. The van der Waals surface area contributed by atoms with Crippen LogP contribution in [0.2, 0.25) is 0 Å². The molecule has 0 aliphatic rings. The first kappa shape index (κ1) is 15.4. The lowest BCUT2D eigenvalue weighted by Crippen LogP contribution is -2.51. The maximum absolute atomic E-state index is 11.2. The summed E-state index contributed by atoms with van der Waals surface area (Å²) in [5, 5.41) is 12.1. The van der Waals surface area contributed by atoms with Crippen LogP contribution in [0.15, 0.2) is 0 Å². The summed E-state index contributed by atoms with van der Waals surface area (Å²) in [5.74, 6) is -0.196. The van der Waals surface area contributed by atoms with Crippen LogP contribution in [0.1, 0.15) is 34.1 Å². The molecule has 0 saturated heterocycles. The van der Waals surface area contributed by atoms with E-state index in [-0.39, 0.29) is 6.04 Å². The summed E-state index contributed by atoms with van der Waals surface area (Å²) >= 11 is 0. The average Bonchev–Trinajstić information content (AvgIpc) is 2.16. The number of hydrogen-bond donors (Lipinski definition) is 2. The van der Waals surface area contributed by atoms with Crippen LogP contribution in [-0.2, 0) is 4.79 Å². The number of carbonyl (C=O) groups is 1. The molecule has 0 amide bonds. The van der Waals surface area contributed by atoms with E-state index >= 15 is 0 Å². The largest absolute Gasteiger partial charge is 0.480 e. The van der Waals surface area contributed by atoms with Crippen LogP contribution in [0.5, 0.6) is 0 Å². The highest BCUT2D eigenvalue weighted by Gasteiger charge is 2.33. The molecule has 0 aromatic carbocycles. The zero-order chi connectivity index (χ0) is 12.9. The van der Waals surface area contributed by atoms with Gasteiger partial charge in [-0.05, 0) is 40.3 Å².